The zero-order valence-corrected chi connectivity index (χ0v) is 18.9. The van der Waals surface area contributed by atoms with Crippen molar-refractivity contribution in [3.8, 4) is 0 Å². The van der Waals surface area contributed by atoms with Crippen LogP contribution >= 0.6 is 0 Å². The topological polar surface area (TPSA) is 15.3 Å². The lowest BCUT2D eigenvalue weighted by Gasteiger charge is -2.29. The Morgan fingerprint density at radius 3 is 2.26 bits per heavy atom. The van der Waals surface area contributed by atoms with Gasteiger partial charge in [-0.1, -0.05) is 44.2 Å². The first kappa shape index (κ1) is 24.0. The zero-order valence-electron chi connectivity index (χ0n) is 18.9. The Labute approximate surface area is 170 Å². The van der Waals surface area contributed by atoms with Gasteiger partial charge in [0, 0.05) is 24.3 Å². The van der Waals surface area contributed by atoms with Crippen molar-refractivity contribution in [1.82, 2.24) is 10.2 Å². The molecule has 156 valence electrons. The second-order valence-electron chi connectivity index (χ2n) is 8.86. The maximum Gasteiger partial charge on any atom is 0.0258 e. The van der Waals surface area contributed by atoms with E-state index in [-0.39, 0.29) is 0 Å². The van der Waals surface area contributed by atoms with Gasteiger partial charge in [-0.15, -0.1) is 0 Å². The van der Waals surface area contributed by atoms with E-state index in [1.165, 1.54) is 56.3 Å². The molecule has 0 amide bonds. The van der Waals surface area contributed by atoms with Gasteiger partial charge in [-0.05, 0) is 91.0 Å². The standard InChI is InChI=1S/C25H46N2/c1-8-17-27(20(3)4)18-16-22(6)10-11-23(7)26-25-14-12-24(13-15-25)19-21(5)9-2/h19-20,24-26H,6-18H2,1-5H3/b21-19-/t24-,25-. The highest BCUT2D eigenvalue weighted by Gasteiger charge is 2.20. The smallest absolute Gasteiger partial charge is 0.0258 e. The van der Waals surface area contributed by atoms with Crippen LogP contribution in [0.2, 0.25) is 0 Å². The molecule has 27 heavy (non-hydrogen) atoms. The third-order valence-electron chi connectivity index (χ3n) is 6.03. The molecule has 1 fully saturated rings. The van der Waals surface area contributed by atoms with Gasteiger partial charge in [0.1, 0.15) is 0 Å². The largest absolute Gasteiger partial charge is 0.386 e. The quantitative estimate of drug-likeness (QED) is 0.355. The minimum atomic E-state index is 0.623. The van der Waals surface area contributed by atoms with E-state index in [4.69, 9.17) is 0 Å². The number of allylic oxidation sites excluding steroid dienone is 3. The molecule has 0 bridgehead atoms. The summed E-state index contributed by atoms with van der Waals surface area (Å²) in [7, 11) is 0. The van der Waals surface area contributed by atoms with Crippen LogP contribution in [0.5, 0.6) is 0 Å². The van der Waals surface area contributed by atoms with E-state index in [0.717, 1.165) is 31.7 Å². The van der Waals surface area contributed by atoms with E-state index in [0.29, 0.717) is 12.1 Å². The predicted molar refractivity (Wildman–Crippen MR) is 122 cm³/mol. The monoisotopic (exact) mass is 374 g/mol. The summed E-state index contributed by atoms with van der Waals surface area (Å²) in [5.74, 6) is 0.795. The number of nitrogens with one attached hydrogen (secondary N) is 1. The molecule has 0 aromatic carbocycles. The second-order valence-corrected chi connectivity index (χ2v) is 8.86. The third-order valence-corrected chi connectivity index (χ3v) is 6.03. The van der Waals surface area contributed by atoms with Crippen molar-refractivity contribution < 1.29 is 0 Å². The summed E-state index contributed by atoms with van der Waals surface area (Å²) >= 11 is 0. The highest BCUT2D eigenvalue weighted by atomic mass is 15.1. The van der Waals surface area contributed by atoms with Gasteiger partial charge in [-0.3, -0.25) is 0 Å². The number of hydrogen-bond acceptors (Lipinski definition) is 2. The van der Waals surface area contributed by atoms with Gasteiger partial charge >= 0.3 is 0 Å². The fourth-order valence-corrected chi connectivity index (χ4v) is 3.98. The Kier molecular flexibility index (Phi) is 11.7. The maximum absolute atomic E-state index is 4.31. The van der Waals surface area contributed by atoms with Gasteiger partial charge in [0.15, 0.2) is 0 Å². The maximum atomic E-state index is 4.31. The van der Waals surface area contributed by atoms with Crippen LogP contribution in [0.1, 0.15) is 92.4 Å². The molecule has 0 heterocycles. The van der Waals surface area contributed by atoms with Crippen LogP contribution in [0.3, 0.4) is 0 Å². The van der Waals surface area contributed by atoms with Crippen molar-refractivity contribution in [1.29, 1.82) is 0 Å². The van der Waals surface area contributed by atoms with Crippen LogP contribution in [-0.4, -0.2) is 30.1 Å². The van der Waals surface area contributed by atoms with E-state index in [9.17, 15) is 0 Å². The van der Waals surface area contributed by atoms with E-state index in [1.807, 2.05) is 0 Å². The van der Waals surface area contributed by atoms with Gasteiger partial charge in [-0.2, -0.15) is 0 Å². The van der Waals surface area contributed by atoms with Crippen molar-refractivity contribution in [2.75, 3.05) is 13.1 Å². The van der Waals surface area contributed by atoms with Gasteiger partial charge in [-0.25, -0.2) is 0 Å². The number of rotatable bonds is 13. The molecule has 2 nitrogen and oxygen atoms in total. The van der Waals surface area contributed by atoms with Crippen molar-refractivity contribution in [2.45, 2.75) is 104 Å². The summed E-state index contributed by atoms with van der Waals surface area (Å²) in [6.07, 6.45) is 13.3. The fraction of sp³-hybridized carbons (Fsp3) is 0.760. The first-order valence-electron chi connectivity index (χ1n) is 11.4. The van der Waals surface area contributed by atoms with Crippen LogP contribution in [0.4, 0.5) is 0 Å². The molecule has 1 saturated carbocycles. The SMILES string of the molecule is C=C(CCC(=C)N[C@H]1CC[C@H](/C=C(/C)CC)CC1)CCN(CCC)C(C)C. The normalized spacial score (nSPS) is 20.9. The van der Waals surface area contributed by atoms with E-state index in [1.54, 1.807) is 5.57 Å². The van der Waals surface area contributed by atoms with Gasteiger partial charge in [0.25, 0.3) is 0 Å². The average Bonchev–Trinajstić information content (AvgIpc) is 2.64. The molecule has 2 heteroatoms. The van der Waals surface area contributed by atoms with Crippen LogP contribution in [0.25, 0.3) is 0 Å². The summed E-state index contributed by atoms with van der Waals surface area (Å²) in [5.41, 5.74) is 4.11. The van der Waals surface area contributed by atoms with Crippen molar-refractivity contribution in [3.05, 3.63) is 36.1 Å². The van der Waals surface area contributed by atoms with E-state index in [2.05, 4.69) is 64.1 Å². The Hall–Kier alpha value is -1.02. The molecule has 0 radical (unpaired) electrons. The van der Waals surface area contributed by atoms with Crippen LogP contribution in [0, 0.1) is 5.92 Å². The average molecular weight is 375 g/mol. The predicted octanol–water partition coefficient (Wildman–Crippen LogP) is 6.85. The fourth-order valence-electron chi connectivity index (χ4n) is 3.98. The molecule has 0 spiro atoms. The minimum Gasteiger partial charge on any atom is -0.386 e. The highest BCUT2D eigenvalue weighted by Crippen LogP contribution is 2.27. The Bertz CT molecular complexity index is 467. The molecule has 1 N–H and O–H groups in total. The molecule has 1 rings (SSSR count). The van der Waals surface area contributed by atoms with Crippen molar-refractivity contribution in [2.24, 2.45) is 5.92 Å². The summed E-state index contributed by atoms with van der Waals surface area (Å²) in [5, 5.41) is 3.70. The third kappa shape index (κ3) is 10.2. The summed E-state index contributed by atoms with van der Waals surface area (Å²) < 4.78 is 0. The molecule has 1 aliphatic rings. The molecular weight excluding hydrogens is 328 g/mol. The molecule has 0 aromatic heterocycles. The molecule has 0 aliphatic heterocycles. The van der Waals surface area contributed by atoms with Crippen molar-refractivity contribution in [3.63, 3.8) is 0 Å². The zero-order chi connectivity index (χ0) is 20.2. The summed E-state index contributed by atoms with van der Waals surface area (Å²) in [6.45, 7) is 22.3. The Morgan fingerprint density at radius 1 is 1.04 bits per heavy atom. The van der Waals surface area contributed by atoms with Crippen LogP contribution in [0.15, 0.2) is 36.1 Å². The van der Waals surface area contributed by atoms with Gasteiger partial charge in [0.05, 0.1) is 0 Å². The highest BCUT2D eigenvalue weighted by molar-refractivity contribution is 5.05. The first-order chi connectivity index (χ1) is 12.8. The van der Waals surface area contributed by atoms with E-state index < -0.39 is 0 Å². The molecule has 1 aliphatic carbocycles. The lowest BCUT2D eigenvalue weighted by molar-refractivity contribution is 0.224. The molecule has 0 aromatic rings. The molecule has 0 saturated heterocycles. The Morgan fingerprint density at radius 2 is 1.70 bits per heavy atom. The van der Waals surface area contributed by atoms with Gasteiger partial charge < -0.3 is 10.2 Å². The van der Waals surface area contributed by atoms with Crippen LogP contribution in [-0.2, 0) is 0 Å². The first-order valence-corrected chi connectivity index (χ1v) is 11.4. The summed E-state index contributed by atoms with van der Waals surface area (Å²) in [6, 6.07) is 1.25. The second kappa shape index (κ2) is 13.2. The molecule has 0 unspecified atom stereocenters. The lowest BCUT2D eigenvalue weighted by atomic mass is 9.84. The minimum absolute atomic E-state index is 0.623. The molecular formula is C25H46N2. The number of nitrogens with zero attached hydrogens (tertiary/aromatic N) is 1. The van der Waals surface area contributed by atoms with Crippen LogP contribution < -0.4 is 5.32 Å². The number of hydrogen-bond donors (Lipinski definition) is 1. The van der Waals surface area contributed by atoms with E-state index >= 15 is 0 Å². The Balaban J connectivity index is 2.23. The summed E-state index contributed by atoms with van der Waals surface area (Å²) in [4.78, 5) is 2.56. The van der Waals surface area contributed by atoms with Gasteiger partial charge in [0.2, 0.25) is 0 Å². The molecule has 0 atom stereocenters. The lowest BCUT2D eigenvalue weighted by Crippen LogP contribution is -2.33. The van der Waals surface area contributed by atoms with Crippen molar-refractivity contribution >= 4 is 0 Å².